The van der Waals surface area contributed by atoms with Crippen molar-refractivity contribution in [2.45, 2.75) is 20.0 Å². The van der Waals surface area contributed by atoms with Crippen LogP contribution in [0, 0.1) is 30.1 Å². The third-order valence-electron chi connectivity index (χ3n) is 5.01. The third-order valence-corrected chi connectivity index (χ3v) is 5.01. The fraction of sp³-hybridized carbons (Fsp3) is 0.250. The van der Waals surface area contributed by atoms with E-state index in [4.69, 9.17) is 11.0 Å². The lowest BCUT2D eigenvalue weighted by atomic mass is 9.98. The predicted molar refractivity (Wildman–Crippen MR) is 102 cm³/mol. The fourth-order valence-electron chi connectivity index (χ4n) is 3.46. The van der Waals surface area contributed by atoms with Gasteiger partial charge in [0, 0.05) is 28.0 Å². The number of aromatic amines is 1. The molecule has 1 aromatic heterocycles. The van der Waals surface area contributed by atoms with Gasteiger partial charge in [0.2, 0.25) is 5.91 Å². The van der Waals surface area contributed by atoms with E-state index >= 15 is 0 Å². The summed E-state index contributed by atoms with van der Waals surface area (Å²) in [7, 11) is 0. The van der Waals surface area contributed by atoms with Gasteiger partial charge in [0.1, 0.15) is 0 Å². The number of aromatic nitrogens is 2. The molecule has 1 heterocycles. The Morgan fingerprint density at radius 2 is 2.26 bits per heavy atom. The lowest BCUT2D eigenvalue weighted by molar-refractivity contribution is -0.117. The van der Waals surface area contributed by atoms with Crippen LogP contribution in [0.1, 0.15) is 17.8 Å². The van der Waals surface area contributed by atoms with E-state index in [2.05, 4.69) is 21.6 Å². The van der Waals surface area contributed by atoms with E-state index in [1.807, 2.05) is 37.3 Å². The summed E-state index contributed by atoms with van der Waals surface area (Å²) in [6.07, 6.45) is 0.622. The minimum Gasteiger partial charge on any atom is -0.398 e. The van der Waals surface area contributed by atoms with Gasteiger partial charge in [-0.2, -0.15) is 10.4 Å². The SMILES string of the molecule is Cc1[nH]nc(CO)c1-c1cc(N)c2ccc(NC(=O)[C@@H]3C[C@H]3C#N)cc2c1. The van der Waals surface area contributed by atoms with Crippen LogP contribution in [0.5, 0.6) is 0 Å². The number of rotatable bonds is 4. The highest BCUT2D eigenvalue weighted by Crippen LogP contribution is 2.39. The Morgan fingerprint density at radius 3 is 2.96 bits per heavy atom. The van der Waals surface area contributed by atoms with Crippen molar-refractivity contribution in [3.05, 3.63) is 41.7 Å². The van der Waals surface area contributed by atoms with Crippen molar-refractivity contribution < 1.29 is 9.90 Å². The summed E-state index contributed by atoms with van der Waals surface area (Å²) in [5.41, 5.74) is 10.6. The average molecular weight is 361 g/mol. The Bertz CT molecular complexity index is 1100. The van der Waals surface area contributed by atoms with Crippen molar-refractivity contribution in [3.63, 3.8) is 0 Å². The number of nitrogen functional groups attached to an aromatic ring is 1. The van der Waals surface area contributed by atoms with Crippen LogP contribution in [0.15, 0.2) is 30.3 Å². The van der Waals surface area contributed by atoms with Crippen LogP contribution in [0.3, 0.4) is 0 Å². The average Bonchev–Trinajstić information content (AvgIpc) is 3.36. The van der Waals surface area contributed by atoms with E-state index in [0.717, 1.165) is 27.6 Å². The Kier molecular flexibility index (Phi) is 4.05. The number of nitriles is 1. The van der Waals surface area contributed by atoms with Gasteiger partial charge in [0.25, 0.3) is 0 Å². The Morgan fingerprint density at radius 1 is 1.44 bits per heavy atom. The highest BCUT2D eigenvalue weighted by atomic mass is 16.3. The molecule has 1 saturated carbocycles. The smallest absolute Gasteiger partial charge is 0.228 e. The molecule has 3 aromatic rings. The summed E-state index contributed by atoms with van der Waals surface area (Å²) < 4.78 is 0. The molecule has 0 aliphatic heterocycles. The minimum absolute atomic E-state index is 0.127. The minimum atomic E-state index is -0.220. The second kappa shape index (κ2) is 6.41. The number of H-pyrrole nitrogens is 1. The molecule has 5 N–H and O–H groups in total. The number of aryl methyl sites for hydroxylation is 1. The van der Waals surface area contributed by atoms with Gasteiger partial charge in [-0.15, -0.1) is 0 Å². The largest absolute Gasteiger partial charge is 0.398 e. The first-order valence-corrected chi connectivity index (χ1v) is 8.70. The van der Waals surface area contributed by atoms with Crippen LogP contribution in [0.25, 0.3) is 21.9 Å². The molecule has 2 atom stereocenters. The number of hydrogen-bond donors (Lipinski definition) is 4. The van der Waals surface area contributed by atoms with Gasteiger partial charge in [0.05, 0.1) is 30.2 Å². The quantitative estimate of drug-likeness (QED) is 0.531. The van der Waals surface area contributed by atoms with E-state index in [-0.39, 0.29) is 24.3 Å². The molecule has 0 saturated heterocycles. The van der Waals surface area contributed by atoms with Crippen LogP contribution in [-0.2, 0) is 11.4 Å². The summed E-state index contributed by atoms with van der Waals surface area (Å²) in [6, 6.07) is 11.5. The highest BCUT2D eigenvalue weighted by Gasteiger charge is 2.43. The molecule has 136 valence electrons. The van der Waals surface area contributed by atoms with E-state index in [1.165, 1.54) is 0 Å². The fourth-order valence-corrected chi connectivity index (χ4v) is 3.46. The number of nitrogens with two attached hydrogens (primary N) is 1. The zero-order chi connectivity index (χ0) is 19.1. The normalized spacial score (nSPS) is 18.3. The number of nitrogens with zero attached hydrogens (tertiary/aromatic N) is 2. The number of anilines is 2. The first-order chi connectivity index (χ1) is 13.0. The molecule has 0 radical (unpaired) electrons. The van der Waals surface area contributed by atoms with E-state index in [9.17, 15) is 9.90 Å². The molecule has 1 amide bonds. The van der Waals surface area contributed by atoms with Gasteiger partial charge in [0.15, 0.2) is 0 Å². The molecule has 27 heavy (non-hydrogen) atoms. The lowest BCUT2D eigenvalue weighted by Gasteiger charge is -2.11. The maximum atomic E-state index is 12.2. The highest BCUT2D eigenvalue weighted by molar-refractivity contribution is 6.01. The molecule has 7 nitrogen and oxygen atoms in total. The first-order valence-electron chi connectivity index (χ1n) is 8.70. The molecule has 2 aromatic carbocycles. The number of benzene rings is 2. The number of hydrogen-bond acceptors (Lipinski definition) is 5. The number of carbonyl (C=O) groups excluding carboxylic acids is 1. The summed E-state index contributed by atoms with van der Waals surface area (Å²) in [5.74, 6) is -0.519. The van der Waals surface area contributed by atoms with Crippen molar-refractivity contribution in [1.82, 2.24) is 10.2 Å². The number of fused-ring (bicyclic) bond motifs is 1. The van der Waals surface area contributed by atoms with Gasteiger partial charge in [-0.1, -0.05) is 6.07 Å². The van der Waals surface area contributed by atoms with Crippen LogP contribution in [0.2, 0.25) is 0 Å². The molecule has 0 spiro atoms. The van der Waals surface area contributed by atoms with Crippen molar-refractivity contribution in [2.24, 2.45) is 11.8 Å². The molecule has 1 aliphatic carbocycles. The van der Waals surface area contributed by atoms with Crippen LogP contribution in [0.4, 0.5) is 11.4 Å². The van der Waals surface area contributed by atoms with Crippen LogP contribution >= 0.6 is 0 Å². The monoisotopic (exact) mass is 361 g/mol. The first kappa shape index (κ1) is 17.1. The summed E-state index contributed by atoms with van der Waals surface area (Å²) in [5, 5.41) is 30.1. The second-order valence-electron chi connectivity index (χ2n) is 6.90. The molecule has 7 heteroatoms. The van der Waals surface area contributed by atoms with Gasteiger partial charge in [-0.05, 0) is 48.6 Å². The number of nitrogens with one attached hydrogen (secondary N) is 2. The van der Waals surface area contributed by atoms with Crippen molar-refractivity contribution >= 4 is 28.1 Å². The standard InChI is InChI=1S/C20H19N5O2/c1-10-19(18(9-26)25-24-10)12-4-11-5-14(2-3-15(11)17(22)7-12)23-20(27)16-6-13(16)8-21/h2-5,7,13,16,26H,6,9,22H2,1H3,(H,23,27)(H,24,25)/t13-,16+/m0/s1. The molecule has 1 aliphatic rings. The molecule has 4 rings (SSSR count). The maximum absolute atomic E-state index is 12.2. The third kappa shape index (κ3) is 3.00. The summed E-state index contributed by atoms with van der Waals surface area (Å²) in [6.45, 7) is 1.72. The predicted octanol–water partition coefficient (Wildman–Crippen LogP) is 2.71. The topological polar surface area (TPSA) is 128 Å². The molecular weight excluding hydrogens is 342 g/mol. The van der Waals surface area contributed by atoms with Gasteiger partial charge >= 0.3 is 0 Å². The van der Waals surface area contributed by atoms with E-state index in [0.29, 0.717) is 23.5 Å². The van der Waals surface area contributed by atoms with Crippen molar-refractivity contribution in [2.75, 3.05) is 11.1 Å². The van der Waals surface area contributed by atoms with Gasteiger partial charge in [-0.3, -0.25) is 9.89 Å². The Balaban J connectivity index is 1.71. The van der Waals surface area contributed by atoms with E-state index in [1.54, 1.807) is 0 Å². The molecule has 1 fully saturated rings. The van der Waals surface area contributed by atoms with Crippen LogP contribution in [-0.4, -0.2) is 21.2 Å². The van der Waals surface area contributed by atoms with Gasteiger partial charge < -0.3 is 16.2 Å². The second-order valence-corrected chi connectivity index (χ2v) is 6.90. The Labute approximate surface area is 155 Å². The van der Waals surface area contributed by atoms with Gasteiger partial charge in [-0.25, -0.2) is 0 Å². The lowest BCUT2D eigenvalue weighted by Crippen LogP contribution is -2.14. The van der Waals surface area contributed by atoms with Crippen molar-refractivity contribution in [1.29, 1.82) is 5.26 Å². The van der Waals surface area contributed by atoms with E-state index < -0.39 is 0 Å². The Hall–Kier alpha value is -3.37. The maximum Gasteiger partial charge on any atom is 0.228 e. The van der Waals surface area contributed by atoms with Crippen LogP contribution < -0.4 is 11.1 Å². The number of aliphatic hydroxyl groups excluding tert-OH is 1. The summed E-state index contributed by atoms with van der Waals surface area (Å²) in [4.78, 5) is 12.2. The molecule has 0 bridgehead atoms. The summed E-state index contributed by atoms with van der Waals surface area (Å²) >= 11 is 0. The number of carbonyl (C=O) groups is 1. The molecule has 0 unspecified atom stereocenters. The zero-order valence-electron chi connectivity index (χ0n) is 14.8. The number of amides is 1. The van der Waals surface area contributed by atoms with Crippen molar-refractivity contribution in [3.8, 4) is 17.2 Å². The zero-order valence-corrected chi connectivity index (χ0v) is 14.8. The number of aliphatic hydroxyl groups is 1. The molecular formula is C20H19N5O2.